The summed E-state index contributed by atoms with van der Waals surface area (Å²) < 4.78 is 27.4. The van der Waals surface area contributed by atoms with Crippen LogP contribution in [0.2, 0.25) is 0 Å². The van der Waals surface area contributed by atoms with Crippen molar-refractivity contribution >= 4 is 41.5 Å². The third kappa shape index (κ3) is 28.6. The number of ether oxygens (including phenoxy) is 5. The second-order valence-corrected chi connectivity index (χ2v) is 18.4. The molecule has 4 amide bonds. The van der Waals surface area contributed by atoms with Gasteiger partial charge < -0.3 is 55.6 Å². The van der Waals surface area contributed by atoms with Gasteiger partial charge in [0.15, 0.2) is 6.29 Å². The highest BCUT2D eigenvalue weighted by Crippen LogP contribution is 2.25. The minimum Gasteiger partial charge on any atom is -0.469 e. The number of amides is 4. The number of primary amides is 1. The van der Waals surface area contributed by atoms with E-state index in [0.29, 0.717) is 12.8 Å². The van der Waals surface area contributed by atoms with Gasteiger partial charge in [-0.1, -0.05) is 142 Å². The maximum atomic E-state index is 13.3. The Hall–Kier alpha value is -3.87. The molecule has 1 fully saturated rings. The van der Waals surface area contributed by atoms with Crippen LogP contribution in [0.5, 0.6) is 0 Å². The van der Waals surface area contributed by atoms with E-state index in [-0.39, 0.29) is 31.7 Å². The average molecular weight is 971 g/mol. The van der Waals surface area contributed by atoms with Crippen LogP contribution in [-0.4, -0.2) is 120 Å². The van der Waals surface area contributed by atoms with Gasteiger partial charge in [0.25, 0.3) is 0 Å². The Bertz CT molecular complexity index is 1450. The van der Waals surface area contributed by atoms with Crippen molar-refractivity contribution in [2.24, 2.45) is 5.73 Å². The molecule has 0 aromatic rings. The van der Waals surface area contributed by atoms with Crippen LogP contribution in [-0.2, 0) is 57.2 Å². The molecule has 0 bridgehead atoms. The van der Waals surface area contributed by atoms with E-state index in [2.05, 4.69) is 34.5 Å². The molecular formula is C50H90N4O14. The smallest absolute Gasteiger partial charge is 0.309 e. The van der Waals surface area contributed by atoms with E-state index in [1.165, 1.54) is 118 Å². The number of hydrogen-bond donors (Lipinski definition) is 6. The second-order valence-electron chi connectivity index (χ2n) is 18.4. The lowest BCUT2D eigenvalue weighted by Crippen LogP contribution is -2.66. The van der Waals surface area contributed by atoms with Crippen molar-refractivity contribution in [2.45, 2.75) is 263 Å². The molecule has 0 aliphatic carbocycles. The zero-order valence-electron chi connectivity index (χ0n) is 42.4. The molecule has 0 saturated carbocycles. The summed E-state index contributed by atoms with van der Waals surface area (Å²) in [6.07, 6.45) is 17.2. The molecule has 18 nitrogen and oxygen atoms in total. The predicted molar refractivity (Wildman–Crippen MR) is 256 cm³/mol. The third-order valence-corrected chi connectivity index (χ3v) is 12.3. The monoisotopic (exact) mass is 971 g/mol. The lowest BCUT2D eigenvalue weighted by atomic mass is 9.96. The number of hydrogen-bond acceptors (Lipinski definition) is 14. The van der Waals surface area contributed by atoms with Gasteiger partial charge in [-0.05, 0) is 39.5 Å². The van der Waals surface area contributed by atoms with E-state index < -0.39 is 97.1 Å². The molecule has 394 valence electrons. The number of nitrogens with one attached hydrogen (secondary N) is 3. The minimum absolute atomic E-state index is 0.133. The summed E-state index contributed by atoms with van der Waals surface area (Å²) >= 11 is 0. The van der Waals surface area contributed by atoms with Crippen molar-refractivity contribution in [3.05, 3.63) is 0 Å². The fraction of sp³-hybridized carbons (Fsp3) is 0.860. The van der Waals surface area contributed by atoms with E-state index in [9.17, 15) is 43.8 Å². The molecule has 0 spiro atoms. The number of methoxy groups -OCH3 is 1. The molecular weight excluding hydrogens is 881 g/mol. The van der Waals surface area contributed by atoms with Crippen molar-refractivity contribution < 1.29 is 67.5 Å². The first-order valence-corrected chi connectivity index (χ1v) is 25.8. The van der Waals surface area contributed by atoms with Gasteiger partial charge >= 0.3 is 17.9 Å². The van der Waals surface area contributed by atoms with Crippen molar-refractivity contribution in [3.63, 3.8) is 0 Å². The predicted octanol–water partition coefficient (Wildman–Crippen LogP) is 6.02. The van der Waals surface area contributed by atoms with Crippen LogP contribution in [0, 0.1) is 0 Å². The zero-order chi connectivity index (χ0) is 50.7. The maximum Gasteiger partial charge on any atom is 0.309 e. The van der Waals surface area contributed by atoms with Crippen LogP contribution in [0.15, 0.2) is 0 Å². The van der Waals surface area contributed by atoms with E-state index in [1.54, 1.807) is 0 Å². The van der Waals surface area contributed by atoms with Crippen LogP contribution < -0.4 is 21.7 Å². The van der Waals surface area contributed by atoms with Gasteiger partial charge in [0.2, 0.25) is 23.6 Å². The first-order valence-electron chi connectivity index (χ1n) is 25.8. The number of aliphatic hydroxyl groups is 2. The standard InChI is InChI=1S/C50H90N4O14/c1-7-9-11-13-15-17-18-19-20-22-24-26-28-30-42(57)67-38(29-27-25-23-21-16-14-12-10-8-2)33-43(58)65-34-40-45(59)46(44(50(63)68-40)53-37(5)55)66-36(4)49(62)52-35(3)48(61)54-39(47(51)60)31-32-41(56)64-6/h35-36,38-40,44-46,50,59,63H,7-34H2,1-6H3,(H2,51,60)(H,52,62)(H,53,55)(H,54,61)/t35-,36?,38+,39+,40+,44+,45+,46-,50?/m0/s1. The van der Waals surface area contributed by atoms with Crippen LogP contribution in [0.4, 0.5) is 0 Å². The van der Waals surface area contributed by atoms with Gasteiger partial charge in [0.1, 0.15) is 55.3 Å². The topological polar surface area (TPSA) is 268 Å². The Balaban J connectivity index is 2.84. The number of nitrogens with two attached hydrogens (primary N) is 1. The molecule has 1 aliphatic heterocycles. The summed E-state index contributed by atoms with van der Waals surface area (Å²) in [6, 6.07) is -3.82. The number of esters is 3. The van der Waals surface area contributed by atoms with Gasteiger partial charge in [0, 0.05) is 19.8 Å². The summed E-state index contributed by atoms with van der Waals surface area (Å²) in [5, 5.41) is 29.6. The summed E-state index contributed by atoms with van der Waals surface area (Å²) in [7, 11) is 1.17. The number of aliphatic hydroxyl groups excluding tert-OH is 2. The van der Waals surface area contributed by atoms with Crippen LogP contribution in [0.3, 0.4) is 0 Å². The van der Waals surface area contributed by atoms with Crippen molar-refractivity contribution in [3.8, 4) is 0 Å². The molecule has 0 aromatic carbocycles. The summed E-state index contributed by atoms with van der Waals surface area (Å²) in [6.45, 7) is 7.69. The van der Waals surface area contributed by atoms with Gasteiger partial charge in [-0.25, -0.2) is 0 Å². The highest BCUT2D eigenvalue weighted by Gasteiger charge is 2.47. The Kier molecular flexibility index (Phi) is 34.7. The van der Waals surface area contributed by atoms with Gasteiger partial charge in [-0.2, -0.15) is 0 Å². The van der Waals surface area contributed by atoms with Crippen molar-refractivity contribution in [2.75, 3.05) is 13.7 Å². The summed E-state index contributed by atoms with van der Waals surface area (Å²) in [4.78, 5) is 87.8. The molecule has 0 aromatic heterocycles. The van der Waals surface area contributed by atoms with E-state index in [4.69, 9.17) is 24.7 Å². The fourth-order valence-electron chi connectivity index (χ4n) is 8.10. The maximum absolute atomic E-state index is 13.3. The molecule has 1 saturated heterocycles. The molecule has 1 aliphatic rings. The van der Waals surface area contributed by atoms with E-state index in [0.717, 1.165) is 44.9 Å². The molecule has 68 heavy (non-hydrogen) atoms. The molecule has 1 heterocycles. The van der Waals surface area contributed by atoms with Gasteiger partial charge in [-0.15, -0.1) is 0 Å². The molecule has 2 unspecified atom stereocenters. The van der Waals surface area contributed by atoms with Crippen LogP contribution in [0.1, 0.15) is 208 Å². The van der Waals surface area contributed by atoms with E-state index >= 15 is 0 Å². The first kappa shape index (κ1) is 62.1. The Morgan fingerprint density at radius 2 is 1.16 bits per heavy atom. The normalized spacial score (nSPS) is 19.7. The molecule has 9 atom stereocenters. The Labute approximate surface area is 406 Å². The highest BCUT2D eigenvalue weighted by molar-refractivity contribution is 5.92. The minimum atomic E-state index is -1.77. The Morgan fingerprint density at radius 1 is 0.647 bits per heavy atom. The van der Waals surface area contributed by atoms with Crippen LogP contribution >= 0.6 is 0 Å². The largest absolute Gasteiger partial charge is 0.469 e. The lowest BCUT2D eigenvalue weighted by Gasteiger charge is -2.43. The average Bonchev–Trinajstić information content (AvgIpc) is 3.29. The van der Waals surface area contributed by atoms with Crippen molar-refractivity contribution in [1.29, 1.82) is 0 Å². The molecule has 18 heteroatoms. The number of rotatable bonds is 40. The summed E-state index contributed by atoms with van der Waals surface area (Å²) in [5.74, 6) is -4.83. The molecule has 0 radical (unpaired) electrons. The number of carbonyl (C=O) groups excluding carboxylic acids is 7. The third-order valence-electron chi connectivity index (χ3n) is 12.3. The van der Waals surface area contributed by atoms with E-state index in [1.807, 2.05) is 0 Å². The van der Waals surface area contributed by atoms with Gasteiger partial charge in [-0.3, -0.25) is 33.6 Å². The zero-order valence-corrected chi connectivity index (χ0v) is 42.4. The number of carbonyl (C=O) groups is 7. The molecule has 1 rings (SSSR count). The number of unbranched alkanes of at least 4 members (excludes halogenated alkanes) is 20. The van der Waals surface area contributed by atoms with Gasteiger partial charge in [0.05, 0.1) is 13.5 Å². The quantitative estimate of drug-likeness (QED) is 0.0233. The second kappa shape index (κ2) is 38.0. The lowest BCUT2D eigenvalue weighted by molar-refractivity contribution is -0.267. The summed E-state index contributed by atoms with van der Waals surface area (Å²) in [5.41, 5.74) is 5.37. The Morgan fingerprint density at radius 3 is 1.66 bits per heavy atom. The first-order chi connectivity index (χ1) is 32.5. The molecule has 7 N–H and O–H groups in total. The van der Waals surface area contributed by atoms with Crippen LogP contribution in [0.25, 0.3) is 0 Å². The highest BCUT2D eigenvalue weighted by atomic mass is 16.6. The SMILES string of the molecule is CCCCCCCCCCCCCCCC(=O)O[C@H](CCCCCCCCCCC)CC(=O)OC[C@H]1OC(O)[C@H](NC(C)=O)[C@H](OC(C)C(=O)N[C@@H](C)C(=O)N[C@H](CCC(=O)OC)C(N)=O)[C@@H]1O. The van der Waals surface area contributed by atoms with Crippen molar-refractivity contribution in [1.82, 2.24) is 16.0 Å². The fourth-order valence-corrected chi connectivity index (χ4v) is 8.10.